The molecule has 0 saturated heterocycles. The molecule has 0 heterocycles. The van der Waals surface area contributed by atoms with Crippen LogP contribution in [0.1, 0.15) is 13.8 Å². The zero-order valence-electron chi connectivity index (χ0n) is 23.3. The molecule has 1 unspecified atom stereocenters. The quantitative estimate of drug-likeness (QED) is 0.0470. The SMILES string of the molecule is CC(=O)Oc1ccc([S+](c2ccccc2)c2ccc(OC(C)=[N+](S(=O)(=O)C(F)(F)C(F)(F)F)S(=O)(=O)C(F)(F)C(F)(F)F)cc2)cc1. The lowest BCUT2D eigenvalue weighted by Gasteiger charge is -2.21. The fourth-order valence-electron chi connectivity index (χ4n) is 3.59. The Morgan fingerprint density at radius 2 is 0.915 bits per heavy atom. The van der Waals surface area contributed by atoms with E-state index in [1.807, 2.05) is 0 Å². The first-order valence-electron chi connectivity index (χ1n) is 12.2. The second-order valence-corrected chi connectivity index (χ2v) is 14.9. The summed E-state index contributed by atoms with van der Waals surface area (Å²) in [6.45, 7) is 1.15. The minimum atomic E-state index is -7.97. The highest BCUT2D eigenvalue weighted by atomic mass is 32.3. The summed E-state index contributed by atoms with van der Waals surface area (Å²) >= 11 is 0. The van der Waals surface area contributed by atoms with Gasteiger partial charge in [-0.1, -0.05) is 18.2 Å². The van der Waals surface area contributed by atoms with Gasteiger partial charge in [-0.15, -0.1) is 0 Å². The lowest BCUT2D eigenvalue weighted by Crippen LogP contribution is -2.57. The van der Waals surface area contributed by atoms with Gasteiger partial charge < -0.3 is 9.47 Å². The smallest absolute Gasteiger partial charge is 0.427 e. The molecule has 0 aliphatic carbocycles. The number of benzene rings is 3. The number of rotatable bonds is 9. The van der Waals surface area contributed by atoms with Crippen LogP contribution in [-0.4, -0.2) is 55.0 Å². The number of hydrogen-bond acceptors (Lipinski definition) is 7. The summed E-state index contributed by atoms with van der Waals surface area (Å²) < 4.78 is 190. The summed E-state index contributed by atoms with van der Waals surface area (Å²) in [5.41, 5.74) is 0. The summed E-state index contributed by atoms with van der Waals surface area (Å²) in [7, 11) is -16.9. The van der Waals surface area contributed by atoms with Gasteiger partial charge in [0.1, 0.15) is 11.5 Å². The van der Waals surface area contributed by atoms with Gasteiger partial charge in [-0.2, -0.15) is 60.7 Å². The van der Waals surface area contributed by atoms with Gasteiger partial charge in [0.2, 0.25) is 0 Å². The van der Waals surface area contributed by atoms with E-state index in [0.717, 1.165) is 12.1 Å². The van der Waals surface area contributed by atoms with Crippen molar-refractivity contribution in [3.63, 3.8) is 0 Å². The molecule has 0 N–H and O–H groups in total. The van der Waals surface area contributed by atoms with E-state index in [0.29, 0.717) is 14.7 Å². The molecule has 0 fully saturated rings. The monoisotopic (exact) mass is 743 g/mol. The molecule has 0 amide bonds. The molecular weight excluding hydrogens is 724 g/mol. The van der Waals surface area contributed by atoms with E-state index in [9.17, 15) is 65.5 Å². The first-order chi connectivity index (χ1) is 21.4. The third kappa shape index (κ3) is 7.35. The van der Waals surface area contributed by atoms with Crippen molar-refractivity contribution in [3.05, 3.63) is 78.9 Å². The van der Waals surface area contributed by atoms with Crippen molar-refractivity contribution in [2.24, 2.45) is 0 Å². The van der Waals surface area contributed by atoms with Gasteiger partial charge >= 0.3 is 54.8 Å². The average molecular weight is 744 g/mol. The highest BCUT2D eigenvalue weighted by Crippen LogP contribution is 2.46. The highest BCUT2D eigenvalue weighted by Gasteiger charge is 2.81. The summed E-state index contributed by atoms with van der Waals surface area (Å²) in [6, 6.07) is 18.8. The van der Waals surface area contributed by atoms with Crippen LogP contribution in [0.5, 0.6) is 11.5 Å². The van der Waals surface area contributed by atoms with E-state index >= 15 is 0 Å². The van der Waals surface area contributed by atoms with Crippen molar-refractivity contribution in [2.45, 2.75) is 51.4 Å². The van der Waals surface area contributed by atoms with Gasteiger partial charge in [0.15, 0.2) is 14.7 Å². The number of halogens is 10. The molecule has 0 aromatic heterocycles. The summed E-state index contributed by atoms with van der Waals surface area (Å²) in [5.74, 6) is -3.40. The number of alkyl halides is 10. The fraction of sp³-hybridized carbons (Fsp3) is 0.231. The second kappa shape index (κ2) is 13.0. The Labute approximate surface area is 262 Å². The van der Waals surface area contributed by atoms with Gasteiger partial charge in [-0.25, -0.2) is 0 Å². The van der Waals surface area contributed by atoms with Crippen molar-refractivity contribution >= 4 is 42.8 Å². The summed E-state index contributed by atoms with van der Waals surface area (Å²) in [6.07, 6.45) is -14.3. The molecule has 21 heteroatoms. The van der Waals surface area contributed by atoms with Crippen LogP contribution in [0.2, 0.25) is 0 Å². The van der Waals surface area contributed by atoms with Gasteiger partial charge in [0, 0.05) is 10.3 Å². The summed E-state index contributed by atoms with van der Waals surface area (Å²) in [5, 5.41) is -14.4. The third-order valence-corrected chi connectivity index (χ3v) is 12.2. The lowest BCUT2D eigenvalue weighted by molar-refractivity contribution is -0.293. The van der Waals surface area contributed by atoms with Crippen molar-refractivity contribution < 1.29 is 78.4 Å². The van der Waals surface area contributed by atoms with Gasteiger partial charge in [0.25, 0.3) is 0 Å². The largest absolute Gasteiger partial charge is 0.502 e. The van der Waals surface area contributed by atoms with Crippen LogP contribution in [0.25, 0.3) is 0 Å². The van der Waals surface area contributed by atoms with E-state index in [4.69, 9.17) is 9.47 Å². The maximum atomic E-state index is 14.0. The van der Waals surface area contributed by atoms with Gasteiger partial charge in [-0.05, 0) is 60.7 Å². The average Bonchev–Trinajstić information content (AvgIpc) is 2.93. The molecule has 0 bridgehead atoms. The fourth-order valence-corrected chi connectivity index (χ4v) is 9.01. The number of ether oxygens (including phenoxy) is 2. The highest BCUT2D eigenvalue weighted by molar-refractivity contribution is 7.98. The van der Waals surface area contributed by atoms with E-state index < -0.39 is 74.8 Å². The Morgan fingerprint density at radius 1 is 0.574 bits per heavy atom. The topological polar surface area (TPSA) is 107 Å². The number of nitrogens with zero attached hydrogens (tertiary/aromatic N) is 1. The maximum Gasteiger partial charge on any atom is 0.502 e. The molecule has 256 valence electrons. The Bertz CT molecular complexity index is 1800. The number of carbonyl (C=O) groups is 1. The maximum absolute atomic E-state index is 14.0. The van der Waals surface area contributed by atoms with Crippen molar-refractivity contribution in [3.8, 4) is 11.5 Å². The molecule has 3 rings (SSSR count). The minimum absolute atomic E-state index is 0.0267. The zero-order chi connectivity index (χ0) is 35.8. The zero-order valence-corrected chi connectivity index (χ0v) is 25.8. The lowest BCUT2D eigenvalue weighted by atomic mass is 10.3. The van der Waals surface area contributed by atoms with Crippen LogP contribution in [0.3, 0.4) is 0 Å². The molecule has 0 aliphatic rings. The Hall–Kier alpha value is -3.85. The third-order valence-electron chi connectivity index (χ3n) is 5.63. The van der Waals surface area contributed by atoms with Crippen LogP contribution in [0, 0.1) is 0 Å². The Kier molecular flexibility index (Phi) is 10.4. The van der Waals surface area contributed by atoms with E-state index in [2.05, 4.69) is 0 Å². The van der Waals surface area contributed by atoms with Crippen molar-refractivity contribution in [1.29, 1.82) is 0 Å². The van der Waals surface area contributed by atoms with E-state index in [-0.39, 0.29) is 12.7 Å². The number of hydrogen-bond donors (Lipinski definition) is 0. The predicted molar refractivity (Wildman–Crippen MR) is 144 cm³/mol. The molecule has 3 aromatic rings. The van der Waals surface area contributed by atoms with Crippen LogP contribution in [0.4, 0.5) is 43.9 Å². The molecule has 0 radical (unpaired) electrons. The number of carbonyl (C=O) groups excluding carboxylic acids is 1. The molecular formula is C26H19F10NO7S3+2. The van der Waals surface area contributed by atoms with Gasteiger partial charge in [0.05, 0.1) is 17.8 Å². The molecule has 0 aliphatic heterocycles. The van der Waals surface area contributed by atoms with Crippen LogP contribution >= 0.6 is 0 Å². The molecule has 0 saturated carbocycles. The summed E-state index contributed by atoms with van der Waals surface area (Å²) in [4.78, 5) is 12.9. The predicted octanol–water partition coefficient (Wildman–Crippen LogP) is 6.49. The number of esters is 1. The second-order valence-electron chi connectivity index (χ2n) is 9.01. The van der Waals surface area contributed by atoms with E-state index in [1.165, 1.54) is 31.2 Å². The Balaban J connectivity index is 2.16. The van der Waals surface area contributed by atoms with Crippen LogP contribution in [-0.2, 0) is 35.7 Å². The van der Waals surface area contributed by atoms with Crippen LogP contribution < -0.4 is 9.47 Å². The minimum Gasteiger partial charge on any atom is -0.427 e. The van der Waals surface area contributed by atoms with Crippen LogP contribution in [0.15, 0.2) is 93.5 Å². The van der Waals surface area contributed by atoms with Crippen molar-refractivity contribution in [1.82, 2.24) is 0 Å². The number of sulfonamides is 2. The molecule has 1 atom stereocenters. The molecule has 0 spiro atoms. The molecule has 3 aromatic carbocycles. The molecule has 47 heavy (non-hydrogen) atoms. The first kappa shape index (κ1) is 37.6. The molecule has 8 nitrogen and oxygen atoms in total. The standard InChI is InChI=1S/C26H19F10NO7S3/c1-16(37(46(39,40)25(33,34)23(27,28)29)47(41,42)26(35,36)24(30,31)32)43-18-8-12-21(13-9-18)45(20-6-4-3-5-7-20)22-14-10-19(11-15-22)44-17(2)38/h3-15H,1-2H3/q+2. The van der Waals surface area contributed by atoms with Crippen molar-refractivity contribution in [2.75, 3.05) is 0 Å². The van der Waals surface area contributed by atoms with Gasteiger partial charge in [-0.3, -0.25) is 4.79 Å². The van der Waals surface area contributed by atoms with E-state index in [1.54, 1.807) is 42.5 Å². The normalized spacial score (nSPS) is 13.9. The Morgan fingerprint density at radius 3 is 1.26 bits per heavy atom. The first-order valence-corrected chi connectivity index (χ1v) is 16.3.